The first-order valence-electron chi connectivity index (χ1n) is 13.0. The first kappa shape index (κ1) is 22.9. The van der Waals surface area contributed by atoms with Gasteiger partial charge >= 0.3 is 0 Å². The van der Waals surface area contributed by atoms with Gasteiger partial charge in [0.1, 0.15) is 0 Å². The van der Waals surface area contributed by atoms with Crippen molar-refractivity contribution in [3.63, 3.8) is 0 Å². The van der Waals surface area contributed by atoms with Crippen molar-refractivity contribution in [1.82, 2.24) is 25.2 Å². The number of hydrogen-bond donors (Lipinski definition) is 1. The molecule has 2 amide bonds. The van der Waals surface area contributed by atoms with Gasteiger partial charge in [0.25, 0.3) is 5.91 Å². The van der Waals surface area contributed by atoms with E-state index in [9.17, 15) is 9.59 Å². The van der Waals surface area contributed by atoms with E-state index in [1.807, 2.05) is 12.1 Å². The van der Waals surface area contributed by atoms with E-state index in [4.69, 9.17) is 4.42 Å². The zero-order valence-electron chi connectivity index (χ0n) is 20.4. The number of aromatic nitrogens is 3. The van der Waals surface area contributed by atoms with Crippen LogP contribution in [0.2, 0.25) is 0 Å². The van der Waals surface area contributed by atoms with E-state index in [0.717, 1.165) is 69.6 Å². The van der Waals surface area contributed by atoms with Crippen molar-refractivity contribution in [1.29, 1.82) is 0 Å². The number of amides is 2. The quantitative estimate of drug-likeness (QED) is 0.568. The van der Waals surface area contributed by atoms with E-state index >= 15 is 0 Å². The summed E-state index contributed by atoms with van der Waals surface area (Å²) in [6.07, 6.45) is 12.7. The monoisotopic (exact) mass is 488 g/mol. The lowest BCUT2D eigenvalue weighted by atomic mass is 9.89. The Labute approximate surface area is 210 Å². The number of hydrogen-bond acceptors (Lipinski definition) is 7. The summed E-state index contributed by atoms with van der Waals surface area (Å²) in [4.78, 5) is 42.5. The molecule has 188 valence electrons. The van der Waals surface area contributed by atoms with Gasteiger partial charge in [-0.05, 0) is 67.6 Å². The fourth-order valence-electron chi connectivity index (χ4n) is 6.00. The molecule has 0 radical (unpaired) electrons. The fraction of sp³-hybridized carbons (Fsp3) is 0.519. The van der Waals surface area contributed by atoms with Crippen LogP contribution in [0.25, 0.3) is 11.0 Å². The van der Waals surface area contributed by atoms with Crippen LogP contribution in [-0.4, -0.2) is 64.4 Å². The summed E-state index contributed by atoms with van der Waals surface area (Å²) >= 11 is 0. The van der Waals surface area contributed by atoms with Gasteiger partial charge in [0.2, 0.25) is 11.9 Å². The minimum absolute atomic E-state index is 0.175. The van der Waals surface area contributed by atoms with Crippen LogP contribution >= 0.6 is 0 Å². The van der Waals surface area contributed by atoms with Gasteiger partial charge in [0, 0.05) is 63.1 Å². The summed E-state index contributed by atoms with van der Waals surface area (Å²) in [7, 11) is 0. The van der Waals surface area contributed by atoms with Crippen LogP contribution in [0.3, 0.4) is 0 Å². The molecule has 1 aliphatic carbocycles. The second kappa shape index (κ2) is 9.52. The lowest BCUT2D eigenvalue weighted by molar-refractivity contribution is -0.134. The van der Waals surface area contributed by atoms with Crippen molar-refractivity contribution in [2.24, 2.45) is 17.3 Å². The third-order valence-corrected chi connectivity index (χ3v) is 8.44. The van der Waals surface area contributed by atoms with Gasteiger partial charge < -0.3 is 19.5 Å². The summed E-state index contributed by atoms with van der Waals surface area (Å²) < 4.78 is 5.62. The Morgan fingerprint density at radius 2 is 1.86 bits per heavy atom. The number of furan rings is 1. The van der Waals surface area contributed by atoms with E-state index < -0.39 is 0 Å². The molecule has 2 aliphatic heterocycles. The van der Waals surface area contributed by atoms with E-state index in [1.165, 1.54) is 0 Å². The van der Waals surface area contributed by atoms with Crippen LogP contribution in [-0.2, 0) is 4.79 Å². The molecule has 2 saturated heterocycles. The van der Waals surface area contributed by atoms with Crippen LogP contribution in [0.4, 0.5) is 5.95 Å². The number of carbonyl (C=O) groups is 2. The first-order chi connectivity index (χ1) is 17.6. The van der Waals surface area contributed by atoms with Crippen molar-refractivity contribution in [2.45, 2.75) is 38.5 Å². The van der Waals surface area contributed by atoms with Gasteiger partial charge in [-0.25, -0.2) is 9.97 Å². The maximum Gasteiger partial charge on any atom is 0.287 e. The Hall–Kier alpha value is -3.49. The number of carbonyl (C=O) groups excluding carboxylic acids is 2. The number of anilines is 1. The molecule has 0 aromatic carbocycles. The van der Waals surface area contributed by atoms with Crippen LogP contribution in [0, 0.1) is 17.3 Å². The molecule has 0 bridgehead atoms. The molecule has 1 atom stereocenters. The third-order valence-electron chi connectivity index (χ3n) is 8.44. The fourth-order valence-corrected chi connectivity index (χ4v) is 6.00. The molecule has 5 heterocycles. The van der Waals surface area contributed by atoms with Crippen LogP contribution in [0.5, 0.6) is 0 Å². The van der Waals surface area contributed by atoms with E-state index in [1.54, 1.807) is 30.9 Å². The highest BCUT2D eigenvalue weighted by Crippen LogP contribution is 2.59. The maximum atomic E-state index is 13.0. The summed E-state index contributed by atoms with van der Waals surface area (Å²) in [6, 6.07) is 5.43. The molecule has 9 nitrogen and oxygen atoms in total. The number of pyridine rings is 1. The smallest absolute Gasteiger partial charge is 0.287 e. The van der Waals surface area contributed by atoms with Gasteiger partial charge in [0.05, 0.1) is 6.20 Å². The zero-order chi connectivity index (χ0) is 24.5. The molecular weight excluding hydrogens is 456 g/mol. The summed E-state index contributed by atoms with van der Waals surface area (Å²) in [5.74, 6) is 2.15. The molecule has 3 aliphatic rings. The highest BCUT2D eigenvalue weighted by atomic mass is 16.3. The highest BCUT2D eigenvalue weighted by molar-refractivity contribution is 5.95. The second-order valence-electron chi connectivity index (χ2n) is 10.6. The van der Waals surface area contributed by atoms with E-state index in [-0.39, 0.29) is 11.3 Å². The molecule has 3 fully saturated rings. The van der Waals surface area contributed by atoms with Gasteiger partial charge in [-0.15, -0.1) is 0 Å². The molecule has 6 rings (SSSR count). The maximum absolute atomic E-state index is 13.0. The van der Waals surface area contributed by atoms with Crippen LogP contribution in [0.15, 0.2) is 47.4 Å². The number of rotatable bonds is 6. The second-order valence-corrected chi connectivity index (χ2v) is 10.6. The Balaban J connectivity index is 0.928. The molecule has 3 aromatic rings. The SMILES string of the molecule is O=C(NCC1CC12CCN(C(=O)CC1CCN(c3ncccn3)CC1)CC2)c1cc2ccncc2o1. The summed E-state index contributed by atoms with van der Waals surface area (Å²) in [6.45, 7) is 4.13. The highest BCUT2D eigenvalue weighted by Gasteiger charge is 2.54. The average Bonchev–Trinajstić information content (AvgIpc) is 3.39. The number of fused-ring (bicyclic) bond motifs is 1. The van der Waals surface area contributed by atoms with E-state index in [0.29, 0.717) is 42.1 Å². The number of nitrogens with zero attached hydrogens (tertiary/aromatic N) is 5. The molecule has 1 spiro atoms. The normalized spacial score (nSPS) is 21.6. The Bertz CT molecular complexity index is 1200. The predicted molar refractivity (Wildman–Crippen MR) is 134 cm³/mol. The average molecular weight is 489 g/mol. The molecule has 1 N–H and O–H groups in total. The lowest BCUT2D eigenvalue weighted by Crippen LogP contribution is -2.42. The Morgan fingerprint density at radius 3 is 2.61 bits per heavy atom. The third kappa shape index (κ3) is 4.66. The van der Waals surface area contributed by atoms with Gasteiger partial charge in [-0.1, -0.05) is 0 Å². The zero-order valence-corrected chi connectivity index (χ0v) is 20.4. The summed E-state index contributed by atoms with van der Waals surface area (Å²) in [5.41, 5.74) is 0.904. The van der Waals surface area contributed by atoms with Crippen LogP contribution < -0.4 is 10.2 Å². The topological polar surface area (TPSA) is 104 Å². The molecular formula is C27H32N6O3. The summed E-state index contributed by atoms with van der Waals surface area (Å²) in [5, 5.41) is 3.93. The molecule has 36 heavy (non-hydrogen) atoms. The van der Waals surface area contributed by atoms with Crippen LogP contribution in [0.1, 0.15) is 49.1 Å². The van der Waals surface area contributed by atoms with Crippen molar-refractivity contribution in [2.75, 3.05) is 37.6 Å². The first-order valence-corrected chi connectivity index (χ1v) is 13.0. The number of nitrogens with one attached hydrogen (secondary N) is 1. The minimum Gasteiger partial charge on any atom is -0.449 e. The number of likely N-dealkylation sites (tertiary alicyclic amines) is 1. The van der Waals surface area contributed by atoms with Gasteiger partial charge in [-0.2, -0.15) is 0 Å². The van der Waals surface area contributed by atoms with Crippen molar-refractivity contribution < 1.29 is 14.0 Å². The van der Waals surface area contributed by atoms with Gasteiger partial charge in [-0.3, -0.25) is 14.6 Å². The largest absolute Gasteiger partial charge is 0.449 e. The minimum atomic E-state index is -0.175. The molecule has 9 heteroatoms. The van der Waals surface area contributed by atoms with Crippen molar-refractivity contribution in [3.8, 4) is 0 Å². The standard InChI is InChI=1S/C27H32N6O3/c34-24(14-19-3-10-33(11-4-19)26-29-7-1-8-30-26)32-12-5-27(6-13-32)16-21(27)17-31-25(35)22-15-20-2-9-28-18-23(20)36-22/h1-2,7-9,15,18-19,21H,3-6,10-14,16-17H2,(H,31,35). The van der Waals surface area contributed by atoms with Gasteiger partial charge in [0.15, 0.2) is 11.3 Å². The molecule has 1 unspecified atom stereocenters. The predicted octanol–water partition coefficient (Wildman–Crippen LogP) is 3.28. The number of piperidine rings is 2. The Morgan fingerprint density at radius 1 is 1.08 bits per heavy atom. The van der Waals surface area contributed by atoms with E-state index in [2.05, 4.69) is 30.1 Å². The van der Waals surface area contributed by atoms with Crippen molar-refractivity contribution >= 4 is 28.7 Å². The Kier molecular flexibility index (Phi) is 6.07. The van der Waals surface area contributed by atoms with Crippen molar-refractivity contribution in [3.05, 3.63) is 48.7 Å². The lowest BCUT2D eigenvalue weighted by Gasteiger charge is -2.36. The molecule has 1 saturated carbocycles. The molecule has 3 aromatic heterocycles.